The Hall–Kier alpha value is -1.45. The lowest BCUT2D eigenvalue weighted by Gasteiger charge is -2.10. The highest BCUT2D eigenvalue weighted by molar-refractivity contribution is 6.36. The Balaban J connectivity index is 2.82. The first-order valence-corrected chi connectivity index (χ1v) is 5.95. The second-order valence-corrected chi connectivity index (χ2v) is 4.83. The zero-order valence-electron chi connectivity index (χ0n) is 9.75. The van der Waals surface area contributed by atoms with Gasteiger partial charge in [0.15, 0.2) is 0 Å². The highest BCUT2D eigenvalue weighted by atomic mass is 35.5. The summed E-state index contributed by atoms with van der Waals surface area (Å²) < 4.78 is 4.98. The van der Waals surface area contributed by atoms with Crippen molar-refractivity contribution in [2.24, 2.45) is 0 Å². The maximum atomic E-state index is 11.8. The summed E-state index contributed by atoms with van der Waals surface area (Å²) in [7, 11) is 0. The number of hydrogen-bond acceptors (Lipinski definition) is 3. The van der Waals surface area contributed by atoms with Gasteiger partial charge in [0.1, 0.15) is 17.1 Å². The van der Waals surface area contributed by atoms with Crippen molar-refractivity contribution < 1.29 is 9.52 Å². The van der Waals surface area contributed by atoms with Gasteiger partial charge in [-0.25, -0.2) is 4.79 Å². The van der Waals surface area contributed by atoms with Crippen molar-refractivity contribution in [3.8, 4) is 16.9 Å². The van der Waals surface area contributed by atoms with Crippen LogP contribution in [0.3, 0.4) is 0 Å². The number of benzene rings is 1. The monoisotopic (exact) mass is 284 g/mol. The van der Waals surface area contributed by atoms with Crippen LogP contribution in [-0.2, 0) is 0 Å². The zero-order valence-corrected chi connectivity index (χ0v) is 11.3. The van der Waals surface area contributed by atoms with Crippen LogP contribution in [0.1, 0.15) is 11.3 Å². The standard InChI is InChI=1S/C13H10Cl2O3/c1-6-3-8(14)5-9(15)11(6)12-10(16)4-7(2)18-13(12)17/h3-5,16H,1-2H3. The topological polar surface area (TPSA) is 50.4 Å². The van der Waals surface area contributed by atoms with Crippen LogP contribution in [0, 0.1) is 13.8 Å². The van der Waals surface area contributed by atoms with Gasteiger partial charge in [0.25, 0.3) is 0 Å². The molecule has 0 aliphatic carbocycles. The Morgan fingerprint density at radius 2 is 1.78 bits per heavy atom. The summed E-state index contributed by atoms with van der Waals surface area (Å²) in [5.41, 5.74) is 0.561. The van der Waals surface area contributed by atoms with Crippen molar-refractivity contribution in [3.63, 3.8) is 0 Å². The molecule has 0 saturated carbocycles. The zero-order chi connectivity index (χ0) is 13.4. The second kappa shape index (κ2) is 4.67. The summed E-state index contributed by atoms with van der Waals surface area (Å²) in [5, 5.41) is 10.7. The van der Waals surface area contributed by atoms with Gasteiger partial charge < -0.3 is 9.52 Å². The predicted molar refractivity (Wildman–Crippen MR) is 71.6 cm³/mol. The number of aryl methyl sites for hydroxylation is 2. The molecule has 3 nitrogen and oxygen atoms in total. The summed E-state index contributed by atoms with van der Waals surface area (Å²) in [5.74, 6) is 0.181. The molecule has 0 spiro atoms. The molecule has 1 N–H and O–H groups in total. The Morgan fingerprint density at radius 1 is 1.11 bits per heavy atom. The molecule has 2 aromatic rings. The lowest BCUT2D eigenvalue weighted by molar-refractivity contribution is 0.438. The molecule has 18 heavy (non-hydrogen) atoms. The molecule has 0 bridgehead atoms. The lowest BCUT2D eigenvalue weighted by Crippen LogP contribution is -2.05. The molecule has 0 amide bonds. The molecular formula is C13H10Cl2O3. The van der Waals surface area contributed by atoms with E-state index in [4.69, 9.17) is 27.6 Å². The van der Waals surface area contributed by atoms with E-state index in [2.05, 4.69) is 0 Å². The van der Waals surface area contributed by atoms with Crippen molar-refractivity contribution in [2.75, 3.05) is 0 Å². The molecule has 0 unspecified atom stereocenters. The Kier molecular flexibility index (Phi) is 3.37. The minimum absolute atomic E-state index is 0.0553. The summed E-state index contributed by atoms with van der Waals surface area (Å²) in [6.45, 7) is 3.34. The van der Waals surface area contributed by atoms with Gasteiger partial charge in [-0.15, -0.1) is 0 Å². The van der Waals surface area contributed by atoms with Crippen molar-refractivity contribution in [3.05, 3.63) is 50.0 Å². The molecule has 0 aliphatic rings. The van der Waals surface area contributed by atoms with Gasteiger partial charge >= 0.3 is 5.63 Å². The van der Waals surface area contributed by atoms with Crippen molar-refractivity contribution in [1.29, 1.82) is 0 Å². The van der Waals surface area contributed by atoms with E-state index in [0.29, 0.717) is 26.9 Å². The summed E-state index contributed by atoms with van der Waals surface area (Å²) >= 11 is 11.9. The van der Waals surface area contributed by atoms with Gasteiger partial charge in [-0.2, -0.15) is 0 Å². The van der Waals surface area contributed by atoms with E-state index in [1.54, 1.807) is 19.9 Å². The average Bonchev–Trinajstić information content (AvgIpc) is 2.20. The molecule has 0 radical (unpaired) electrons. The first-order chi connectivity index (χ1) is 8.40. The minimum atomic E-state index is -0.625. The van der Waals surface area contributed by atoms with E-state index >= 15 is 0 Å². The van der Waals surface area contributed by atoms with E-state index in [1.807, 2.05) is 0 Å². The first kappa shape index (κ1) is 13.0. The third kappa shape index (κ3) is 2.24. The normalized spacial score (nSPS) is 10.7. The maximum Gasteiger partial charge on any atom is 0.347 e. The molecule has 0 saturated heterocycles. The van der Waals surface area contributed by atoms with Crippen LogP contribution in [-0.4, -0.2) is 5.11 Å². The van der Waals surface area contributed by atoms with E-state index in [0.717, 1.165) is 0 Å². The fourth-order valence-electron chi connectivity index (χ4n) is 1.84. The van der Waals surface area contributed by atoms with Crippen molar-refractivity contribution in [2.45, 2.75) is 13.8 Å². The number of hydrogen-bond donors (Lipinski definition) is 1. The second-order valence-electron chi connectivity index (χ2n) is 3.98. The molecule has 2 rings (SSSR count). The largest absolute Gasteiger partial charge is 0.507 e. The fourth-order valence-corrected chi connectivity index (χ4v) is 2.53. The molecule has 1 aromatic carbocycles. The highest BCUT2D eigenvalue weighted by Crippen LogP contribution is 2.36. The Bertz CT molecular complexity index is 651. The van der Waals surface area contributed by atoms with Crippen molar-refractivity contribution in [1.82, 2.24) is 0 Å². The smallest absolute Gasteiger partial charge is 0.347 e. The minimum Gasteiger partial charge on any atom is -0.507 e. The van der Waals surface area contributed by atoms with Crippen LogP contribution in [0.25, 0.3) is 11.1 Å². The predicted octanol–water partition coefficient (Wildman–Crippen LogP) is 3.94. The molecule has 0 aliphatic heterocycles. The van der Waals surface area contributed by atoms with Crippen molar-refractivity contribution >= 4 is 23.2 Å². The molecular weight excluding hydrogens is 275 g/mol. The quantitative estimate of drug-likeness (QED) is 0.863. The van der Waals surface area contributed by atoms with Crippen LogP contribution < -0.4 is 5.63 Å². The Morgan fingerprint density at radius 3 is 2.33 bits per heavy atom. The molecule has 0 fully saturated rings. The van der Waals surface area contributed by atoms with Crippen LogP contribution in [0.5, 0.6) is 5.75 Å². The third-order valence-electron chi connectivity index (χ3n) is 2.56. The molecule has 94 valence electrons. The summed E-state index contributed by atoms with van der Waals surface area (Å²) in [4.78, 5) is 11.8. The van der Waals surface area contributed by atoms with Crippen LogP contribution in [0.4, 0.5) is 0 Å². The SMILES string of the molecule is Cc1cc(O)c(-c2c(C)cc(Cl)cc2Cl)c(=O)o1. The molecule has 1 heterocycles. The number of rotatable bonds is 1. The maximum absolute atomic E-state index is 11.8. The molecule has 5 heteroatoms. The first-order valence-electron chi connectivity index (χ1n) is 5.20. The van der Waals surface area contributed by atoms with E-state index in [9.17, 15) is 9.90 Å². The Labute approximate surface area is 114 Å². The third-order valence-corrected chi connectivity index (χ3v) is 3.07. The summed E-state index contributed by atoms with van der Waals surface area (Å²) in [6.07, 6.45) is 0. The van der Waals surface area contributed by atoms with E-state index in [-0.39, 0.29) is 11.3 Å². The number of halogens is 2. The van der Waals surface area contributed by atoms with Crippen LogP contribution >= 0.6 is 23.2 Å². The van der Waals surface area contributed by atoms with Crippen LogP contribution in [0.15, 0.2) is 27.4 Å². The van der Waals surface area contributed by atoms with Gasteiger partial charge in [0.05, 0.1) is 5.02 Å². The molecule has 0 atom stereocenters. The fraction of sp³-hybridized carbons (Fsp3) is 0.154. The highest BCUT2D eigenvalue weighted by Gasteiger charge is 2.18. The summed E-state index contributed by atoms with van der Waals surface area (Å²) in [6, 6.07) is 4.56. The van der Waals surface area contributed by atoms with E-state index < -0.39 is 5.63 Å². The van der Waals surface area contributed by atoms with Gasteiger partial charge in [-0.05, 0) is 31.5 Å². The number of aromatic hydroxyl groups is 1. The van der Waals surface area contributed by atoms with E-state index in [1.165, 1.54) is 12.1 Å². The average molecular weight is 285 g/mol. The van der Waals surface area contributed by atoms with Crippen LogP contribution in [0.2, 0.25) is 10.0 Å². The van der Waals surface area contributed by atoms with Gasteiger partial charge in [-0.3, -0.25) is 0 Å². The van der Waals surface area contributed by atoms with Gasteiger partial charge in [0, 0.05) is 16.7 Å². The van der Waals surface area contributed by atoms with Gasteiger partial charge in [0.2, 0.25) is 0 Å². The molecule has 1 aromatic heterocycles. The lowest BCUT2D eigenvalue weighted by atomic mass is 10.0. The van der Waals surface area contributed by atoms with Gasteiger partial charge in [-0.1, -0.05) is 23.2 Å².